The summed E-state index contributed by atoms with van der Waals surface area (Å²) in [6.07, 6.45) is 0. The molecule has 0 saturated carbocycles. The maximum atomic E-state index is 13.0. The average Bonchev–Trinajstić information content (AvgIpc) is 3.03. The Morgan fingerprint density at radius 3 is 2.26 bits per heavy atom. The fourth-order valence-electron chi connectivity index (χ4n) is 3.36. The minimum absolute atomic E-state index is 0.264. The molecule has 2 aromatic heterocycles. The zero-order valence-corrected chi connectivity index (χ0v) is 20.0. The number of aryl methyl sites for hydroxylation is 2. The van der Waals surface area contributed by atoms with Crippen LogP contribution in [-0.4, -0.2) is 28.2 Å². The quantitative estimate of drug-likeness (QED) is 0.408. The number of nitrogens with zero attached hydrogens (tertiary/aromatic N) is 4. The standard InChI is InChI=1S/C24H24FN5O3S/c1-15-16(2)28-30(17(15)3)23-13-24(27-18(4)26-23)33-22-11-9-21(10-12-22)29-34(31,32)14-19-5-7-20(25)8-6-19/h5-13,29H,14H2,1-4H3. The van der Waals surface area contributed by atoms with Crippen LogP contribution in [0.4, 0.5) is 10.1 Å². The van der Waals surface area contributed by atoms with Crippen LogP contribution in [0.3, 0.4) is 0 Å². The summed E-state index contributed by atoms with van der Waals surface area (Å²) in [6, 6.07) is 13.5. The third-order valence-corrected chi connectivity index (χ3v) is 6.55. The number of benzene rings is 2. The highest BCUT2D eigenvalue weighted by Gasteiger charge is 2.14. The van der Waals surface area contributed by atoms with Gasteiger partial charge in [0.15, 0.2) is 5.82 Å². The minimum atomic E-state index is -3.66. The summed E-state index contributed by atoms with van der Waals surface area (Å²) in [4.78, 5) is 8.80. The molecule has 0 unspecified atom stereocenters. The van der Waals surface area contributed by atoms with Crippen molar-refractivity contribution in [2.45, 2.75) is 33.4 Å². The second-order valence-electron chi connectivity index (χ2n) is 7.93. The Kier molecular flexibility index (Phi) is 6.34. The first-order valence-corrected chi connectivity index (χ1v) is 12.2. The fraction of sp³-hybridized carbons (Fsp3) is 0.208. The predicted molar refractivity (Wildman–Crippen MR) is 127 cm³/mol. The number of anilines is 1. The molecular formula is C24H24FN5O3S. The fourth-order valence-corrected chi connectivity index (χ4v) is 4.56. The van der Waals surface area contributed by atoms with Gasteiger partial charge in [0.05, 0.1) is 11.4 Å². The van der Waals surface area contributed by atoms with Crippen molar-refractivity contribution in [1.82, 2.24) is 19.7 Å². The van der Waals surface area contributed by atoms with E-state index in [9.17, 15) is 12.8 Å². The van der Waals surface area contributed by atoms with Gasteiger partial charge in [-0.3, -0.25) is 4.72 Å². The number of nitrogens with one attached hydrogen (secondary N) is 1. The van der Waals surface area contributed by atoms with Crippen molar-refractivity contribution in [2.24, 2.45) is 0 Å². The molecular weight excluding hydrogens is 457 g/mol. The Balaban J connectivity index is 1.48. The normalized spacial score (nSPS) is 11.4. The lowest BCUT2D eigenvalue weighted by Gasteiger charge is -2.11. The third kappa shape index (κ3) is 5.40. The Labute approximate surface area is 197 Å². The van der Waals surface area contributed by atoms with E-state index in [0.29, 0.717) is 34.5 Å². The van der Waals surface area contributed by atoms with Crippen LogP contribution < -0.4 is 9.46 Å². The van der Waals surface area contributed by atoms with E-state index in [4.69, 9.17) is 4.74 Å². The summed E-state index contributed by atoms with van der Waals surface area (Å²) in [6.45, 7) is 7.70. The largest absolute Gasteiger partial charge is 0.439 e. The van der Waals surface area contributed by atoms with Crippen molar-refractivity contribution in [1.29, 1.82) is 0 Å². The summed E-state index contributed by atoms with van der Waals surface area (Å²) in [5.74, 6) is 1.28. The molecule has 2 heterocycles. The first-order chi connectivity index (χ1) is 16.1. The molecule has 0 aliphatic rings. The molecule has 0 spiro atoms. The highest BCUT2D eigenvalue weighted by Crippen LogP contribution is 2.25. The number of hydrogen-bond acceptors (Lipinski definition) is 6. The van der Waals surface area contributed by atoms with Gasteiger partial charge >= 0.3 is 0 Å². The number of rotatable bonds is 7. The van der Waals surface area contributed by atoms with Crippen molar-refractivity contribution in [3.05, 3.63) is 88.8 Å². The number of halogens is 1. The molecule has 0 bridgehead atoms. The van der Waals surface area contributed by atoms with Crippen LogP contribution in [0.15, 0.2) is 54.6 Å². The van der Waals surface area contributed by atoms with E-state index in [-0.39, 0.29) is 5.75 Å². The zero-order valence-electron chi connectivity index (χ0n) is 19.2. The highest BCUT2D eigenvalue weighted by molar-refractivity contribution is 7.91. The van der Waals surface area contributed by atoms with Gasteiger partial charge in [0.25, 0.3) is 0 Å². The lowest BCUT2D eigenvalue weighted by Crippen LogP contribution is -2.15. The van der Waals surface area contributed by atoms with Crippen LogP contribution in [0, 0.1) is 33.5 Å². The van der Waals surface area contributed by atoms with Gasteiger partial charge in [-0.2, -0.15) is 10.1 Å². The maximum absolute atomic E-state index is 13.0. The molecule has 2 aromatic carbocycles. The lowest BCUT2D eigenvalue weighted by atomic mass is 10.2. The van der Waals surface area contributed by atoms with Gasteiger partial charge < -0.3 is 4.74 Å². The topological polar surface area (TPSA) is 99.0 Å². The Bertz CT molecular complexity index is 1430. The second-order valence-corrected chi connectivity index (χ2v) is 9.66. The van der Waals surface area contributed by atoms with Gasteiger partial charge in [-0.15, -0.1) is 0 Å². The molecule has 0 saturated heterocycles. The maximum Gasteiger partial charge on any atom is 0.236 e. The van der Waals surface area contributed by atoms with Crippen LogP contribution in [0.1, 0.15) is 28.3 Å². The van der Waals surface area contributed by atoms with E-state index < -0.39 is 15.8 Å². The lowest BCUT2D eigenvalue weighted by molar-refractivity contribution is 0.459. The van der Waals surface area contributed by atoms with Crippen LogP contribution in [0.5, 0.6) is 11.6 Å². The van der Waals surface area contributed by atoms with Crippen LogP contribution >= 0.6 is 0 Å². The first-order valence-electron chi connectivity index (χ1n) is 10.5. The van der Waals surface area contributed by atoms with Gasteiger partial charge in [-0.25, -0.2) is 22.5 Å². The Morgan fingerprint density at radius 2 is 1.65 bits per heavy atom. The van der Waals surface area contributed by atoms with E-state index in [1.807, 2.05) is 20.8 Å². The van der Waals surface area contributed by atoms with Crippen molar-refractivity contribution in [3.63, 3.8) is 0 Å². The second kappa shape index (κ2) is 9.22. The molecule has 10 heteroatoms. The van der Waals surface area contributed by atoms with Crippen molar-refractivity contribution in [2.75, 3.05) is 4.72 Å². The number of aromatic nitrogens is 4. The summed E-state index contributed by atoms with van der Waals surface area (Å²) in [5.41, 5.74) is 3.87. The van der Waals surface area contributed by atoms with Gasteiger partial charge in [-0.05, 0) is 75.2 Å². The van der Waals surface area contributed by atoms with E-state index in [2.05, 4.69) is 19.8 Å². The first kappa shape index (κ1) is 23.4. The van der Waals surface area contributed by atoms with Crippen LogP contribution in [0.2, 0.25) is 0 Å². The minimum Gasteiger partial charge on any atom is -0.439 e. The highest BCUT2D eigenvalue weighted by atomic mass is 32.2. The van der Waals surface area contributed by atoms with E-state index >= 15 is 0 Å². The van der Waals surface area contributed by atoms with Gasteiger partial charge in [-0.1, -0.05) is 12.1 Å². The molecule has 0 aliphatic heterocycles. The molecule has 4 rings (SSSR count). The molecule has 1 N–H and O–H groups in total. The molecule has 0 fully saturated rings. The summed E-state index contributed by atoms with van der Waals surface area (Å²) in [5, 5.41) is 4.54. The van der Waals surface area contributed by atoms with Crippen molar-refractivity contribution in [3.8, 4) is 17.4 Å². The van der Waals surface area contributed by atoms with Gasteiger partial charge in [0, 0.05) is 17.4 Å². The zero-order chi connectivity index (χ0) is 24.5. The predicted octanol–water partition coefficient (Wildman–Crippen LogP) is 4.77. The van der Waals surface area contributed by atoms with E-state index in [1.165, 1.54) is 24.3 Å². The van der Waals surface area contributed by atoms with Crippen molar-refractivity contribution >= 4 is 15.7 Å². The molecule has 0 amide bonds. The third-order valence-electron chi connectivity index (χ3n) is 5.29. The van der Waals surface area contributed by atoms with E-state index in [0.717, 1.165) is 17.0 Å². The summed E-state index contributed by atoms with van der Waals surface area (Å²) < 4.78 is 48.1. The smallest absolute Gasteiger partial charge is 0.236 e. The number of ether oxygens (including phenoxy) is 1. The molecule has 34 heavy (non-hydrogen) atoms. The molecule has 4 aromatic rings. The van der Waals surface area contributed by atoms with Gasteiger partial charge in [0.2, 0.25) is 15.9 Å². The number of hydrogen-bond donors (Lipinski definition) is 1. The van der Waals surface area contributed by atoms with E-state index in [1.54, 1.807) is 41.9 Å². The monoisotopic (exact) mass is 481 g/mol. The van der Waals surface area contributed by atoms with Gasteiger partial charge in [0.1, 0.15) is 17.4 Å². The average molecular weight is 482 g/mol. The van der Waals surface area contributed by atoms with Crippen molar-refractivity contribution < 1.29 is 17.5 Å². The summed E-state index contributed by atoms with van der Waals surface area (Å²) >= 11 is 0. The Morgan fingerprint density at radius 1 is 0.971 bits per heavy atom. The van der Waals surface area contributed by atoms with Crippen LogP contribution in [0.25, 0.3) is 5.82 Å². The SMILES string of the molecule is Cc1nc(Oc2ccc(NS(=O)(=O)Cc3ccc(F)cc3)cc2)cc(-n2nc(C)c(C)c2C)n1. The molecule has 8 nitrogen and oxygen atoms in total. The van der Waals surface area contributed by atoms with Crippen LogP contribution in [-0.2, 0) is 15.8 Å². The number of sulfonamides is 1. The summed E-state index contributed by atoms with van der Waals surface area (Å²) in [7, 11) is -3.66. The molecule has 0 atom stereocenters. The molecule has 0 aliphatic carbocycles. The Hall–Kier alpha value is -3.79. The molecule has 0 radical (unpaired) electrons. The molecule has 176 valence electrons.